The summed E-state index contributed by atoms with van der Waals surface area (Å²) in [7, 11) is 1.67. The average molecular weight is 279 g/mol. The molecule has 3 rings (SSSR count). The van der Waals surface area contributed by atoms with Gasteiger partial charge < -0.3 is 16.0 Å². The summed E-state index contributed by atoms with van der Waals surface area (Å²) in [6, 6.07) is 0. The third kappa shape index (κ3) is 2.31. The highest BCUT2D eigenvalue weighted by atomic mass is 32.1. The standard InChI is InChI=1S/C14H21N3OS/c1-16-13(18)12-11(15)10(9-5-6-9)14(19-12)17-7-3-2-4-8-17/h9H,2-8,15H2,1H3,(H,16,18). The highest BCUT2D eigenvalue weighted by Crippen LogP contribution is 2.52. The molecular weight excluding hydrogens is 258 g/mol. The van der Waals surface area contributed by atoms with E-state index in [1.807, 2.05) is 0 Å². The Kier molecular flexibility index (Phi) is 3.39. The molecule has 0 aromatic carbocycles. The Morgan fingerprint density at radius 2 is 2.00 bits per heavy atom. The van der Waals surface area contributed by atoms with Crippen LogP contribution in [0.5, 0.6) is 0 Å². The van der Waals surface area contributed by atoms with E-state index in [-0.39, 0.29) is 5.91 Å². The molecule has 5 heteroatoms. The maximum atomic E-state index is 11.9. The van der Waals surface area contributed by atoms with Gasteiger partial charge in [-0.3, -0.25) is 4.79 Å². The summed E-state index contributed by atoms with van der Waals surface area (Å²) in [5.74, 6) is 0.541. The van der Waals surface area contributed by atoms with Gasteiger partial charge in [0.1, 0.15) is 4.88 Å². The SMILES string of the molecule is CNC(=O)c1sc(N2CCCCC2)c(C2CC2)c1N. The van der Waals surface area contributed by atoms with Crippen molar-refractivity contribution < 1.29 is 4.79 Å². The van der Waals surface area contributed by atoms with Gasteiger partial charge in [0.25, 0.3) is 5.91 Å². The summed E-state index contributed by atoms with van der Waals surface area (Å²) < 4.78 is 0. The lowest BCUT2D eigenvalue weighted by Crippen LogP contribution is -2.29. The normalized spacial score (nSPS) is 19.5. The fourth-order valence-corrected chi connectivity index (χ4v) is 4.13. The lowest BCUT2D eigenvalue weighted by Gasteiger charge is -2.28. The maximum absolute atomic E-state index is 11.9. The first-order valence-electron chi connectivity index (χ1n) is 7.11. The number of carbonyl (C=O) groups excluding carboxylic acids is 1. The number of rotatable bonds is 3. The lowest BCUT2D eigenvalue weighted by atomic mass is 10.1. The summed E-state index contributed by atoms with van der Waals surface area (Å²) >= 11 is 1.58. The van der Waals surface area contributed by atoms with E-state index in [4.69, 9.17) is 5.73 Å². The number of amides is 1. The molecule has 0 spiro atoms. The molecule has 1 saturated heterocycles. The molecule has 1 saturated carbocycles. The third-order valence-corrected chi connectivity index (χ3v) is 5.31. The van der Waals surface area contributed by atoms with Gasteiger partial charge in [-0.2, -0.15) is 0 Å². The summed E-state index contributed by atoms with van der Waals surface area (Å²) in [6.45, 7) is 2.21. The molecule has 2 aliphatic rings. The van der Waals surface area contributed by atoms with E-state index < -0.39 is 0 Å². The minimum absolute atomic E-state index is 0.0485. The van der Waals surface area contributed by atoms with Gasteiger partial charge in [0.2, 0.25) is 0 Å². The van der Waals surface area contributed by atoms with Gasteiger partial charge in [0, 0.05) is 25.7 Å². The van der Waals surface area contributed by atoms with E-state index >= 15 is 0 Å². The van der Waals surface area contributed by atoms with Crippen molar-refractivity contribution in [3.63, 3.8) is 0 Å². The van der Waals surface area contributed by atoms with Crippen LogP contribution in [-0.2, 0) is 0 Å². The summed E-state index contributed by atoms with van der Waals surface area (Å²) in [5.41, 5.74) is 8.24. The second kappa shape index (κ2) is 5.04. The van der Waals surface area contributed by atoms with Crippen molar-refractivity contribution in [2.75, 3.05) is 30.8 Å². The number of hydrogen-bond donors (Lipinski definition) is 2. The number of nitrogens with zero attached hydrogens (tertiary/aromatic N) is 1. The Balaban J connectivity index is 1.99. The topological polar surface area (TPSA) is 58.4 Å². The number of thiophene rings is 1. The monoisotopic (exact) mass is 279 g/mol. The summed E-state index contributed by atoms with van der Waals surface area (Å²) in [5, 5.41) is 3.96. The van der Waals surface area contributed by atoms with Crippen molar-refractivity contribution in [2.24, 2.45) is 0 Å². The first-order valence-corrected chi connectivity index (χ1v) is 7.93. The van der Waals surface area contributed by atoms with E-state index in [9.17, 15) is 4.79 Å². The Morgan fingerprint density at radius 3 is 2.58 bits per heavy atom. The molecule has 1 aliphatic carbocycles. The van der Waals surface area contributed by atoms with Crippen LogP contribution in [0.25, 0.3) is 0 Å². The maximum Gasteiger partial charge on any atom is 0.263 e. The quantitative estimate of drug-likeness (QED) is 0.894. The predicted molar refractivity (Wildman–Crippen MR) is 80.2 cm³/mol. The molecule has 2 heterocycles. The number of hydrogen-bond acceptors (Lipinski definition) is 4. The Hall–Kier alpha value is -1.23. The lowest BCUT2D eigenvalue weighted by molar-refractivity contribution is 0.0968. The van der Waals surface area contributed by atoms with Crippen LogP contribution in [0.3, 0.4) is 0 Å². The van der Waals surface area contributed by atoms with E-state index in [0.29, 0.717) is 10.8 Å². The van der Waals surface area contributed by atoms with Crippen LogP contribution >= 0.6 is 11.3 Å². The highest BCUT2D eigenvalue weighted by molar-refractivity contribution is 7.18. The second-order valence-corrected chi connectivity index (χ2v) is 6.46. The smallest absolute Gasteiger partial charge is 0.263 e. The zero-order valence-electron chi connectivity index (χ0n) is 11.4. The van der Waals surface area contributed by atoms with Gasteiger partial charge in [-0.05, 0) is 38.0 Å². The molecule has 1 amide bonds. The van der Waals surface area contributed by atoms with Crippen LogP contribution in [0.15, 0.2) is 0 Å². The van der Waals surface area contributed by atoms with Crippen molar-refractivity contribution in [1.82, 2.24) is 5.32 Å². The van der Waals surface area contributed by atoms with Gasteiger partial charge in [-0.15, -0.1) is 11.3 Å². The Bertz CT molecular complexity index is 487. The zero-order chi connectivity index (χ0) is 13.4. The van der Waals surface area contributed by atoms with Crippen molar-refractivity contribution in [2.45, 2.75) is 38.0 Å². The predicted octanol–water partition coefficient (Wildman–Crippen LogP) is 2.56. The third-order valence-electron chi connectivity index (χ3n) is 4.03. The fourth-order valence-electron chi connectivity index (χ4n) is 2.82. The number of carbonyl (C=O) groups is 1. The number of nitrogen functional groups attached to an aromatic ring is 1. The number of anilines is 2. The van der Waals surface area contributed by atoms with Crippen LogP contribution in [0.2, 0.25) is 0 Å². The summed E-state index contributed by atoms with van der Waals surface area (Å²) in [6.07, 6.45) is 6.25. The van der Waals surface area contributed by atoms with Crippen LogP contribution < -0.4 is 16.0 Å². The van der Waals surface area contributed by atoms with Crippen molar-refractivity contribution in [3.8, 4) is 0 Å². The van der Waals surface area contributed by atoms with E-state index in [1.165, 1.54) is 42.7 Å². The first-order chi connectivity index (χ1) is 9.22. The average Bonchev–Trinajstić information content (AvgIpc) is 3.22. The van der Waals surface area contributed by atoms with E-state index in [2.05, 4.69) is 10.2 Å². The molecule has 1 aliphatic heterocycles. The number of nitrogens with two attached hydrogens (primary N) is 1. The first kappa shape index (κ1) is 12.8. The largest absolute Gasteiger partial charge is 0.397 e. The molecular formula is C14H21N3OS. The second-order valence-electron chi connectivity index (χ2n) is 5.46. The molecule has 4 nitrogen and oxygen atoms in total. The van der Waals surface area contributed by atoms with Crippen LogP contribution in [0, 0.1) is 0 Å². The van der Waals surface area contributed by atoms with Gasteiger partial charge in [0.05, 0.1) is 10.7 Å². The minimum atomic E-state index is -0.0485. The van der Waals surface area contributed by atoms with E-state index in [0.717, 1.165) is 18.8 Å². The zero-order valence-corrected chi connectivity index (χ0v) is 12.2. The van der Waals surface area contributed by atoms with Crippen LogP contribution in [-0.4, -0.2) is 26.0 Å². The Morgan fingerprint density at radius 1 is 1.32 bits per heavy atom. The van der Waals surface area contributed by atoms with E-state index in [1.54, 1.807) is 18.4 Å². The molecule has 0 unspecified atom stereocenters. The van der Waals surface area contributed by atoms with Gasteiger partial charge in [0.15, 0.2) is 0 Å². The molecule has 3 N–H and O–H groups in total. The molecule has 1 aromatic rings. The summed E-state index contributed by atoms with van der Waals surface area (Å²) in [4.78, 5) is 15.1. The highest BCUT2D eigenvalue weighted by Gasteiger charge is 2.34. The van der Waals surface area contributed by atoms with Gasteiger partial charge in [-0.1, -0.05) is 0 Å². The number of piperidine rings is 1. The van der Waals surface area contributed by atoms with Crippen LogP contribution in [0.4, 0.5) is 10.7 Å². The fraction of sp³-hybridized carbons (Fsp3) is 0.643. The van der Waals surface area contributed by atoms with Crippen LogP contribution in [0.1, 0.15) is 53.3 Å². The molecule has 1 aromatic heterocycles. The van der Waals surface area contributed by atoms with Gasteiger partial charge in [-0.25, -0.2) is 0 Å². The molecule has 104 valence electrons. The van der Waals surface area contributed by atoms with Crippen molar-refractivity contribution in [1.29, 1.82) is 0 Å². The molecule has 0 bridgehead atoms. The molecule has 2 fully saturated rings. The molecule has 19 heavy (non-hydrogen) atoms. The number of nitrogens with one attached hydrogen (secondary N) is 1. The minimum Gasteiger partial charge on any atom is -0.397 e. The Labute approximate surface area is 118 Å². The van der Waals surface area contributed by atoms with Crippen molar-refractivity contribution in [3.05, 3.63) is 10.4 Å². The molecule has 0 radical (unpaired) electrons. The van der Waals surface area contributed by atoms with Gasteiger partial charge >= 0.3 is 0 Å². The van der Waals surface area contributed by atoms with Crippen molar-refractivity contribution >= 4 is 27.9 Å². The molecule has 0 atom stereocenters.